The summed E-state index contributed by atoms with van der Waals surface area (Å²) >= 11 is 0. The molecule has 0 aliphatic rings. The van der Waals surface area contributed by atoms with Crippen molar-refractivity contribution in [1.29, 1.82) is 0 Å². The van der Waals surface area contributed by atoms with E-state index in [2.05, 4.69) is 4.98 Å². The predicted molar refractivity (Wildman–Crippen MR) is 79.0 cm³/mol. The molecule has 0 bridgehead atoms. The summed E-state index contributed by atoms with van der Waals surface area (Å²) in [7, 11) is 3.59. The maximum atomic E-state index is 5.92. The van der Waals surface area contributed by atoms with Crippen LogP contribution >= 0.6 is 0 Å². The second-order valence-electron chi connectivity index (χ2n) is 4.65. The van der Waals surface area contributed by atoms with Crippen LogP contribution in [0.4, 0.5) is 0 Å². The predicted octanol–water partition coefficient (Wildman–Crippen LogP) is 2.51. The Labute approximate surface area is 119 Å². The minimum Gasteiger partial charge on any atom is -0.493 e. The molecule has 108 valence electrons. The number of ether oxygens (including phenoxy) is 2. The van der Waals surface area contributed by atoms with Crippen molar-refractivity contribution in [2.75, 3.05) is 13.7 Å². The first-order chi connectivity index (χ1) is 9.58. The average Bonchev–Trinajstić information content (AvgIpc) is 2.81. The van der Waals surface area contributed by atoms with Crippen molar-refractivity contribution >= 4 is 0 Å². The SMILES string of the molecule is CCOc1ccc(-c2ncc(C(C)N)n2C)cc1OC. The van der Waals surface area contributed by atoms with Crippen LogP contribution < -0.4 is 15.2 Å². The molecule has 0 saturated carbocycles. The molecule has 1 atom stereocenters. The molecule has 0 fully saturated rings. The van der Waals surface area contributed by atoms with Gasteiger partial charge >= 0.3 is 0 Å². The third-order valence-electron chi connectivity index (χ3n) is 3.21. The Kier molecular flexibility index (Phi) is 4.29. The molecule has 1 aromatic carbocycles. The van der Waals surface area contributed by atoms with Crippen molar-refractivity contribution in [1.82, 2.24) is 9.55 Å². The summed E-state index contributed by atoms with van der Waals surface area (Å²) in [6.07, 6.45) is 1.81. The van der Waals surface area contributed by atoms with Gasteiger partial charge in [-0.05, 0) is 32.0 Å². The van der Waals surface area contributed by atoms with Gasteiger partial charge in [-0.2, -0.15) is 0 Å². The normalized spacial score (nSPS) is 12.2. The van der Waals surface area contributed by atoms with Crippen LogP contribution in [0.15, 0.2) is 24.4 Å². The molecule has 5 nitrogen and oxygen atoms in total. The Morgan fingerprint density at radius 2 is 2.10 bits per heavy atom. The maximum absolute atomic E-state index is 5.92. The van der Waals surface area contributed by atoms with Crippen LogP contribution in [-0.4, -0.2) is 23.3 Å². The number of nitrogens with zero attached hydrogens (tertiary/aromatic N) is 2. The number of imidazole rings is 1. The molecule has 0 spiro atoms. The first-order valence-corrected chi connectivity index (χ1v) is 6.66. The number of methoxy groups -OCH3 is 1. The van der Waals surface area contributed by atoms with Crippen LogP contribution in [0.3, 0.4) is 0 Å². The summed E-state index contributed by atoms with van der Waals surface area (Å²) in [5.41, 5.74) is 7.89. The lowest BCUT2D eigenvalue weighted by Crippen LogP contribution is -2.10. The number of nitrogens with two attached hydrogens (primary N) is 1. The lowest BCUT2D eigenvalue weighted by Gasteiger charge is -2.12. The van der Waals surface area contributed by atoms with Crippen molar-refractivity contribution in [2.24, 2.45) is 12.8 Å². The summed E-state index contributed by atoms with van der Waals surface area (Å²) in [6, 6.07) is 5.75. The van der Waals surface area contributed by atoms with Crippen molar-refractivity contribution in [2.45, 2.75) is 19.9 Å². The van der Waals surface area contributed by atoms with Crippen LogP contribution in [0, 0.1) is 0 Å². The average molecular weight is 275 g/mol. The second-order valence-corrected chi connectivity index (χ2v) is 4.65. The Balaban J connectivity index is 2.43. The van der Waals surface area contributed by atoms with E-state index < -0.39 is 0 Å². The van der Waals surface area contributed by atoms with Gasteiger partial charge in [0.05, 0.1) is 25.6 Å². The molecule has 1 unspecified atom stereocenters. The molecule has 0 aliphatic carbocycles. The first kappa shape index (κ1) is 14.4. The van der Waals surface area contributed by atoms with E-state index in [-0.39, 0.29) is 6.04 Å². The number of rotatable bonds is 5. The van der Waals surface area contributed by atoms with E-state index in [1.807, 2.05) is 49.9 Å². The molecular weight excluding hydrogens is 254 g/mol. The fourth-order valence-electron chi connectivity index (χ4n) is 2.20. The highest BCUT2D eigenvalue weighted by Gasteiger charge is 2.13. The van der Waals surface area contributed by atoms with Crippen molar-refractivity contribution in [3.8, 4) is 22.9 Å². The topological polar surface area (TPSA) is 62.3 Å². The van der Waals surface area contributed by atoms with E-state index in [0.717, 1.165) is 22.8 Å². The van der Waals surface area contributed by atoms with Gasteiger partial charge in [-0.3, -0.25) is 0 Å². The van der Waals surface area contributed by atoms with Crippen LogP contribution in [0.25, 0.3) is 11.4 Å². The molecular formula is C15H21N3O2. The van der Waals surface area contributed by atoms with Gasteiger partial charge in [0.15, 0.2) is 11.5 Å². The first-order valence-electron chi connectivity index (χ1n) is 6.66. The fourth-order valence-corrected chi connectivity index (χ4v) is 2.20. The smallest absolute Gasteiger partial charge is 0.161 e. The molecule has 1 aromatic heterocycles. The number of hydrogen-bond acceptors (Lipinski definition) is 4. The third kappa shape index (κ3) is 2.63. The molecule has 2 rings (SSSR count). The second kappa shape index (κ2) is 5.96. The molecule has 0 radical (unpaired) electrons. The van der Waals surface area contributed by atoms with Crippen molar-refractivity contribution in [3.05, 3.63) is 30.1 Å². The van der Waals surface area contributed by atoms with Gasteiger partial charge in [-0.25, -0.2) is 4.98 Å². The number of hydrogen-bond donors (Lipinski definition) is 1. The lowest BCUT2D eigenvalue weighted by molar-refractivity contribution is 0.311. The highest BCUT2D eigenvalue weighted by atomic mass is 16.5. The molecule has 2 N–H and O–H groups in total. The van der Waals surface area contributed by atoms with Crippen LogP contribution in [0.2, 0.25) is 0 Å². The molecule has 0 aliphatic heterocycles. The minimum atomic E-state index is -0.0501. The van der Waals surface area contributed by atoms with E-state index in [4.69, 9.17) is 15.2 Å². The Morgan fingerprint density at radius 1 is 1.35 bits per heavy atom. The van der Waals surface area contributed by atoms with Crippen LogP contribution in [0.1, 0.15) is 25.6 Å². The Bertz CT molecular complexity index is 591. The van der Waals surface area contributed by atoms with Gasteiger partial charge in [0.2, 0.25) is 0 Å². The molecule has 2 aromatic rings. The standard InChI is InChI=1S/C15H21N3O2/c1-5-20-13-7-6-11(8-14(13)19-4)15-17-9-12(10(2)16)18(15)3/h6-10H,5,16H2,1-4H3. The van der Waals surface area contributed by atoms with Gasteiger partial charge in [0, 0.05) is 18.7 Å². The van der Waals surface area contributed by atoms with Gasteiger partial charge < -0.3 is 19.8 Å². The van der Waals surface area contributed by atoms with E-state index in [1.165, 1.54) is 0 Å². The quantitative estimate of drug-likeness (QED) is 0.910. The van der Waals surface area contributed by atoms with E-state index in [0.29, 0.717) is 12.4 Å². The zero-order valence-corrected chi connectivity index (χ0v) is 12.4. The van der Waals surface area contributed by atoms with Gasteiger partial charge in [-0.1, -0.05) is 0 Å². The van der Waals surface area contributed by atoms with Crippen LogP contribution in [-0.2, 0) is 7.05 Å². The highest BCUT2D eigenvalue weighted by molar-refractivity contribution is 5.62. The van der Waals surface area contributed by atoms with E-state index >= 15 is 0 Å². The summed E-state index contributed by atoms with van der Waals surface area (Å²) in [5.74, 6) is 2.30. The summed E-state index contributed by atoms with van der Waals surface area (Å²) in [4.78, 5) is 4.44. The summed E-state index contributed by atoms with van der Waals surface area (Å²) in [5, 5.41) is 0. The fraction of sp³-hybridized carbons (Fsp3) is 0.400. The molecule has 20 heavy (non-hydrogen) atoms. The van der Waals surface area contributed by atoms with E-state index in [1.54, 1.807) is 7.11 Å². The maximum Gasteiger partial charge on any atom is 0.161 e. The Hall–Kier alpha value is -2.01. The van der Waals surface area contributed by atoms with Gasteiger partial charge in [-0.15, -0.1) is 0 Å². The minimum absolute atomic E-state index is 0.0501. The zero-order chi connectivity index (χ0) is 14.7. The lowest BCUT2D eigenvalue weighted by atomic mass is 10.2. The monoisotopic (exact) mass is 275 g/mol. The van der Waals surface area contributed by atoms with Crippen LogP contribution in [0.5, 0.6) is 11.5 Å². The van der Waals surface area contributed by atoms with Crippen molar-refractivity contribution < 1.29 is 9.47 Å². The van der Waals surface area contributed by atoms with Gasteiger partial charge in [0.25, 0.3) is 0 Å². The zero-order valence-electron chi connectivity index (χ0n) is 12.4. The Morgan fingerprint density at radius 3 is 2.65 bits per heavy atom. The van der Waals surface area contributed by atoms with Crippen molar-refractivity contribution in [3.63, 3.8) is 0 Å². The summed E-state index contributed by atoms with van der Waals surface area (Å²) in [6.45, 7) is 4.49. The largest absolute Gasteiger partial charge is 0.493 e. The molecule has 1 heterocycles. The highest BCUT2D eigenvalue weighted by Crippen LogP contribution is 2.32. The summed E-state index contributed by atoms with van der Waals surface area (Å²) < 4.78 is 12.9. The van der Waals surface area contributed by atoms with Gasteiger partial charge in [0.1, 0.15) is 5.82 Å². The number of aromatic nitrogens is 2. The molecule has 5 heteroatoms. The number of benzene rings is 1. The third-order valence-corrected chi connectivity index (χ3v) is 3.21. The van der Waals surface area contributed by atoms with E-state index in [9.17, 15) is 0 Å². The molecule has 0 saturated heterocycles. The molecule has 0 amide bonds.